The molecule has 1 saturated heterocycles. The standard InChI is InChI=1S/C28H34N6O5S/c1-19(17-35)30-27(36)31-22-6-4-21(5-7-22)26-32-24(16-25(33-26)34-14-15-39-18-20(34)2)28(10-3-11-28)40(37,38)23-8-12-29-13-9-23/h4-9,12-13,16,19-20,35H,3,10-11,14-15,17-18H2,1-2H3,(H2,30,31,36)/t19-,20+/m1/s1. The van der Waals surface area contributed by atoms with E-state index in [9.17, 15) is 13.2 Å². The SMILES string of the molecule is C[C@H](CO)NC(=O)Nc1ccc(-c2nc(N3CCOC[C@@H]3C)cc(C3(S(=O)(=O)c4ccncc4)CCC3)n2)cc1. The first kappa shape index (κ1) is 27.9. The van der Waals surface area contributed by atoms with Gasteiger partial charge in [-0.2, -0.15) is 0 Å². The molecule has 1 aromatic carbocycles. The van der Waals surface area contributed by atoms with Gasteiger partial charge in [0.2, 0.25) is 0 Å². The Balaban J connectivity index is 1.54. The van der Waals surface area contributed by atoms with Crippen LogP contribution in [0.15, 0.2) is 59.8 Å². The Morgan fingerprint density at radius 2 is 1.90 bits per heavy atom. The monoisotopic (exact) mass is 566 g/mol. The van der Waals surface area contributed by atoms with E-state index in [1.165, 1.54) is 24.5 Å². The molecule has 2 fully saturated rings. The molecule has 0 unspecified atom stereocenters. The quantitative estimate of drug-likeness (QED) is 0.374. The van der Waals surface area contributed by atoms with E-state index in [4.69, 9.17) is 19.8 Å². The number of benzene rings is 1. The second-order valence-electron chi connectivity index (χ2n) is 10.3. The number of aromatic nitrogens is 3. The molecule has 0 radical (unpaired) electrons. The average Bonchev–Trinajstić information content (AvgIpc) is 2.93. The van der Waals surface area contributed by atoms with Crippen LogP contribution in [0.3, 0.4) is 0 Å². The Hall–Kier alpha value is -3.61. The summed E-state index contributed by atoms with van der Waals surface area (Å²) in [7, 11) is -3.76. The minimum absolute atomic E-state index is 0.0601. The number of carbonyl (C=O) groups is 1. The Kier molecular flexibility index (Phi) is 8.02. The van der Waals surface area contributed by atoms with Gasteiger partial charge in [-0.25, -0.2) is 23.2 Å². The number of hydrogen-bond acceptors (Lipinski definition) is 9. The molecule has 2 aromatic heterocycles. The zero-order valence-electron chi connectivity index (χ0n) is 22.6. The predicted molar refractivity (Wildman–Crippen MR) is 151 cm³/mol. The third-order valence-electron chi connectivity index (χ3n) is 7.53. The highest BCUT2D eigenvalue weighted by Crippen LogP contribution is 2.50. The number of morpholine rings is 1. The Labute approximate surface area is 233 Å². The van der Waals surface area contributed by atoms with E-state index in [0.29, 0.717) is 61.2 Å². The van der Waals surface area contributed by atoms with Crippen LogP contribution in [-0.4, -0.2) is 73.0 Å². The Morgan fingerprint density at radius 1 is 1.18 bits per heavy atom. The van der Waals surface area contributed by atoms with Gasteiger partial charge in [-0.1, -0.05) is 0 Å². The van der Waals surface area contributed by atoms with Crippen LogP contribution in [0, 0.1) is 0 Å². The van der Waals surface area contributed by atoms with Gasteiger partial charge in [0.15, 0.2) is 15.7 Å². The number of aliphatic hydroxyl groups excluding tert-OH is 1. The zero-order chi connectivity index (χ0) is 28.3. The highest BCUT2D eigenvalue weighted by molar-refractivity contribution is 7.92. The van der Waals surface area contributed by atoms with E-state index in [0.717, 1.165) is 6.42 Å². The van der Waals surface area contributed by atoms with Crippen LogP contribution in [0.5, 0.6) is 0 Å². The first-order valence-electron chi connectivity index (χ1n) is 13.4. The number of amides is 2. The first-order valence-corrected chi connectivity index (χ1v) is 14.9. The number of carbonyl (C=O) groups excluding carboxylic acids is 1. The van der Waals surface area contributed by atoms with Gasteiger partial charge in [-0.15, -0.1) is 0 Å². The van der Waals surface area contributed by atoms with E-state index < -0.39 is 20.6 Å². The molecule has 40 heavy (non-hydrogen) atoms. The van der Waals surface area contributed by atoms with Crippen molar-refractivity contribution in [3.05, 3.63) is 60.6 Å². The number of urea groups is 1. The molecule has 1 aliphatic heterocycles. The van der Waals surface area contributed by atoms with Gasteiger partial charge >= 0.3 is 6.03 Å². The molecule has 12 heteroatoms. The van der Waals surface area contributed by atoms with Crippen LogP contribution >= 0.6 is 0 Å². The molecule has 3 aromatic rings. The molecule has 0 spiro atoms. The lowest BCUT2D eigenvalue weighted by Gasteiger charge is -2.41. The van der Waals surface area contributed by atoms with Crippen molar-refractivity contribution in [3.63, 3.8) is 0 Å². The molecule has 0 bridgehead atoms. The van der Waals surface area contributed by atoms with Gasteiger partial charge in [0.1, 0.15) is 10.6 Å². The number of hydrogen-bond donors (Lipinski definition) is 3. The molecule has 2 aliphatic rings. The van der Waals surface area contributed by atoms with Crippen molar-refractivity contribution >= 4 is 27.4 Å². The number of ether oxygens (including phenoxy) is 1. The van der Waals surface area contributed by atoms with Crippen LogP contribution in [0.1, 0.15) is 38.8 Å². The van der Waals surface area contributed by atoms with Crippen LogP contribution in [0.4, 0.5) is 16.3 Å². The first-order chi connectivity index (χ1) is 19.2. The van der Waals surface area contributed by atoms with Crippen LogP contribution in [0.25, 0.3) is 11.4 Å². The van der Waals surface area contributed by atoms with E-state index in [-0.39, 0.29) is 23.6 Å². The minimum Gasteiger partial charge on any atom is -0.394 e. The molecular formula is C28H34N6O5S. The third kappa shape index (κ3) is 5.38. The summed E-state index contributed by atoms with van der Waals surface area (Å²) in [4.78, 5) is 28.2. The van der Waals surface area contributed by atoms with Crippen LogP contribution < -0.4 is 15.5 Å². The van der Waals surface area contributed by atoms with Crippen molar-refractivity contribution in [1.82, 2.24) is 20.3 Å². The van der Waals surface area contributed by atoms with Gasteiger partial charge in [0, 0.05) is 36.3 Å². The fourth-order valence-corrected chi connectivity index (χ4v) is 7.19. The Morgan fingerprint density at radius 3 is 2.52 bits per heavy atom. The van der Waals surface area contributed by atoms with E-state index >= 15 is 0 Å². The summed E-state index contributed by atoms with van der Waals surface area (Å²) < 4.78 is 32.5. The summed E-state index contributed by atoms with van der Waals surface area (Å²) in [5, 5.41) is 14.5. The minimum atomic E-state index is -3.76. The number of sulfone groups is 1. The maximum Gasteiger partial charge on any atom is 0.319 e. The Bertz CT molecular complexity index is 1450. The summed E-state index contributed by atoms with van der Waals surface area (Å²) >= 11 is 0. The smallest absolute Gasteiger partial charge is 0.319 e. The zero-order valence-corrected chi connectivity index (χ0v) is 23.4. The van der Waals surface area contributed by atoms with Crippen molar-refractivity contribution in [2.75, 3.05) is 36.6 Å². The molecule has 2 amide bonds. The molecule has 11 nitrogen and oxygen atoms in total. The van der Waals surface area contributed by atoms with Crippen molar-refractivity contribution in [3.8, 4) is 11.4 Å². The molecule has 3 heterocycles. The second kappa shape index (κ2) is 11.5. The number of nitrogens with zero attached hydrogens (tertiary/aromatic N) is 4. The van der Waals surface area contributed by atoms with Gasteiger partial charge < -0.3 is 25.4 Å². The lowest BCUT2D eigenvalue weighted by atomic mass is 9.81. The topological polar surface area (TPSA) is 147 Å². The number of aliphatic hydroxyl groups is 1. The maximum absolute atomic E-state index is 14.0. The lowest BCUT2D eigenvalue weighted by Crippen LogP contribution is -2.46. The number of nitrogens with one attached hydrogen (secondary N) is 2. The highest BCUT2D eigenvalue weighted by Gasteiger charge is 2.52. The molecule has 212 valence electrons. The third-order valence-corrected chi connectivity index (χ3v) is 10.1. The van der Waals surface area contributed by atoms with Crippen LogP contribution in [-0.2, 0) is 19.3 Å². The second-order valence-corrected chi connectivity index (χ2v) is 12.6. The molecule has 5 rings (SSSR count). The number of rotatable bonds is 8. The van der Waals surface area contributed by atoms with E-state index in [1.54, 1.807) is 31.2 Å². The van der Waals surface area contributed by atoms with Gasteiger partial charge in [0.05, 0.1) is 42.5 Å². The molecule has 1 aliphatic carbocycles. The van der Waals surface area contributed by atoms with Crippen molar-refractivity contribution < 1.29 is 23.1 Å². The summed E-state index contributed by atoms with van der Waals surface area (Å²) in [6.45, 7) is 5.32. The number of anilines is 2. The van der Waals surface area contributed by atoms with E-state index in [2.05, 4.69) is 27.4 Å². The molecule has 3 N–H and O–H groups in total. The van der Waals surface area contributed by atoms with Gasteiger partial charge in [-0.05, 0) is 69.5 Å². The summed E-state index contributed by atoms with van der Waals surface area (Å²) in [5.41, 5.74) is 1.73. The van der Waals surface area contributed by atoms with Crippen molar-refractivity contribution in [2.24, 2.45) is 0 Å². The fourth-order valence-electron chi connectivity index (χ4n) is 5.05. The summed E-state index contributed by atoms with van der Waals surface area (Å²) in [5.74, 6) is 1.07. The average molecular weight is 567 g/mol. The summed E-state index contributed by atoms with van der Waals surface area (Å²) in [6, 6.07) is 11.2. The van der Waals surface area contributed by atoms with Gasteiger partial charge in [0.25, 0.3) is 0 Å². The maximum atomic E-state index is 14.0. The van der Waals surface area contributed by atoms with Crippen molar-refractivity contribution in [1.29, 1.82) is 0 Å². The molecule has 2 atom stereocenters. The predicted octanol–water partition coefficient (Wildman–Crippen LogP) is 3.12. The summed E-state index contributed by atoms with van der Waals surface area (Å²) in [6.07, 6.45) is 4.70. The normalized spacial score (nSPS) is 19.4. The molecular weight excluding hydrogens is 532 g/mol. The largest absolute Gasteiger partial charge is 0.394 e. The fraction of sp³-hybridized carbons (Fsp3) is 0.429. The van der Waals surface area contributed by atoms with Crippen molar-refractivity contribution in [2.45, 2.75) is 54.8 Å². The lowest BCUT2D eigenvalue weighted by molar-refractivity contribution is 0.0985. The van der Waals surface area contributed by atoms with Crippen LogP contribution in [0.2, 0.25) is 0 Å². The van der Waals surface area contributed by atoms with Gasteiger partial charge in [-0.3, -0.25) is 4.98 Å². The highest BCUT2D eigenvalue weighted by atomic mass is 32.2. The molecule has 1 saturated carbocycles. The number of pyridine rings is 1. The van der Waals surface area contributed by atoms with E-state index in [1.807, 2.05) is 6.07 Å².